The molecule has 0 spiro atoms. The van der Waals surface area contributed by atoms with Gasteiger partial charge in [0.2, 0.25) is 0 Å². The highest BCUT2D eigenvalue weighted by Gasteiger charge is 2.13. The first-order valence-electron chi connectivity index (χ1n) is 5.81. The van der Waals surface area contributed by atoms with Crippen molar-refractivity contribution in [2.45, 2.75) is 0 Å². The second-order valence-corrected chi connectivity index (χ2v) is 4.21. The van der Waals surface area contributed by atoms with Gasteiger partial charge in [0.05, 0.1) is 21.1 Å². The minimum atomic E-state index is -0.522. The van der Waals surface area contributed by atoms with E-state index in [1.165, 1.54) is 41.1 Å². The zero-order valence-electron chi connectivity index (χ0n) is 10.4. The van der Waals surface area contributed by atoms with Crippen LogP contribution in [0.5, 0.6) is 0 Å². The molecule has 0 amide bonds. The standard InChI is InChI=1S/C12H7N5O4/c18-16(19)9-3-1-2-8(6-9)15-12-5-4-10(17(20)21)7-11(12)13-14-15/h1-7H. The number of aromatic nitrogens is 3. The summed E-state index contributed by atoms with van der Waals surface area (Å²) in [5.41, 5.74) is 1.17. The van der Waals surface area contributed by atoms with E-state index in [1.807, 2.05) is 0 Å². The van der Waals surface area contributed by atoms with Crippen LogP contribution in [0, 0.1) is 20.2 Å². The molecule has 0 radical (unpaired) electrons. The van der Waals surface area contributed by atoms with E-state index >= 15 is 0 Å². The van der Waals surface area contributed by atoms with Gasteiger partial charge in [0, 0.05) is 24.3 Å². The molecule has 1 aromatic heterocycles. The molecule has 3 rings (SSSR count). The number of nitro benzene ring substituents is 2. The van der Waals surface area contributed by atoms with Gasteiger partial charge in [-0.1, -0.05) is 11.3 Å². The molecule has 2 aromatic carbocycles. The van der Waals surface area contributed by atoms with E-state index < -0.39 is 9.85 Å². The average molecular weight is 285 g/mol. The van der Waals surface area contributed by atoms with Gasteiger partial charge < -0.3 is 0 Å². The Morgan fingerprint density at radius 3 is 2.38 bits per heavy atom. The highest BCUT2D eigenvalue weighted by molar-refractivity contribution is 5.78. The lowest BCUT2D eigenvalue weighted by molar-refractivity contribution is -0.385. The van der Waals surface area contributed by atoms with Crippen molar-refractivity contribution in [2.75, 3.05) is 0 Å². The molecule has 104 valence electrons. The van der Waals surface area contributed by atoms with Crippen molar-refractivity contribution in [1.82, 2.24) is 15.0 Å². The van der Waals surface area contributed by atoms with Gasteiger partial charge in [0.1, 0.15) is 5.52 Å². The predicted molar refractivity (Wildman–Crippen MR) is 72.2 cm³/mol. The van der Waals surface area contributed by atoms with E-state index in [0.29, 0.717) is 16.7 Å². The van der Waals surface area contributed by atoms with Crippen molar-refractivity contribution in [1.29, 1.82) is 0 Å². The summed E-state index contributed by atoms with van der Waals surface area (Å²) in [7, 11) is 0. The Labute approximate surface area is 116 Å². The Kier molecular flexibility index (Phi) is 2.79. The Morgan fingerprint density at radius 2 is 1.67 bits per heavy atom. The fraction of sp³-hybridized carbons (Fsp3) is 0. The molecule has 0 saturated carbocycles. The zero-order valence-corrected chi connectivity index (χ0v) is 10.4. The van der Waals surface area contributed by atoms with Gasteiger partial charge in [-0.25, -0.2) is 4.68 Å². The van der Waals surface area contributed by atoms with Crippen molar-refractivity contribution in [3.63, 3.8) is 0 Å². The Balaban J connectivity index is 2.15. The number of nitrogens with zero attached hydrogens (tertiary/aromatic N) is 5. The van der Waals surface area contributed by atoms with Gasteiger partial charge in [0.25, 0.3) is 11.4 Å². The third-order valence-electron chi connectivity index (χ3n) is 2.93. The largest absolute Gasteiger partial charge is 0.271 e. The molecule has 0 aliphatic carbocycles. The summed E-state index contributed by atoms with van der Waals surface area (Å²) in [5, 5.41) is 29.2. The normalized spacial score (nSPS) is 10.7. The molecule has 9 nitrogen and oxygen atoms in total. The van der Waals surface area contributed by atoms with Gasteiger partial charge >= 0.3 is 0 Å². The number of benzene rings is 2. The molecule has 0 saturated heterocycles. The molecule has 1 heterocycles. The SMILES string of the molecule is O=[N+]([O-])c1cccc(-n2nnc3cc([N+](=O)[O-])ccc32)c1. The Hall–Kier alpha value is -3.36. The smallest absolute Gasteiger partial charge is 0.258 e. The second-order valence-electron chi connectivity index (χ2n) is 4.21. The molecule has 0 bridgehead atoms. The molecular formula is C12H7N5O4. The number of nitro groups is 2. The molecule has 9 heteroatoms. The first-order valence-corrected chi connectivity index (χ1v) is 5.81. The number of non-ortho nitro benzene ring substituents is 2. The first kappa shape index (κ1) is 12.7. The van der Waals surface area contributed by atoms with Crippen LogP contribution in [0.15, 0.2) is 42.5 Å². The van der Waals surface area contributed by atoms with Crippen LogP contribution >= 0.6 is 0 Å². The third kappa shape index (κ3) is 2.16. The molecular weight excluding hydrogens is 278 g/mol. The number of hydrogen-bond donors (Lipinski definition) is 0. The van der Waals surface area contributed by atoms with Crippen molar-refractivity contribution in [2.24, 2.45) is 0 Å². The van der Waals surface area contributed by atoms with Crippen LogP contribution in [0.1, 0.15) is 0 Å². The summed E-state index contributed by atoms with van der Waals surface area (Å²) in [5.74, 6) is 0. The highest BCUT2D eigenvalue weighted by atomic mass is 16.6. The molecule has 3 aromatic rings. The summed E-state index contributed by atoms with van der Waals surface area (Å²) < 4.78 is 1.39. The topological polar surface area (TPSA) is 117 Å². The van der Waals surface area contributed by atoms with Crippen LogP contribution < -0.4 is 0 Å². The molecule has 0 aliphatic rings. The van der Waals surface area contributed by atoms with Gasteiger partial charge in [0.15, 0.2) is 0 Å². The van der Waals surface area contributed by atoms with Crippen LogP contribution in [0.4, 0.5) is 11.4 Å². The third-order valence-corrected chi connectivity index (χ3v) is 2.93. The van der Waals surface area contributed by atoms with Crippen LogP contribution in [0.3, 0.4) is 0 Å². The highest BCUT2D eigenvalue weighted by Crippen LogP contribution is 2.23. The minimum Gasteiger partial charge on any atom is -0.258 e. The van der Waals surface area contributed by atoms with Crippen molar-refractivity contribution in [3.8, 4) is 5.69 Å². The van der Waals surface area contributed by atoms with Gasteiger partial charge in [-0.15, -0.1) is 5.10 Å². The number of hydrogen-bond acceptors (Lipinski definition) is 6. The van der Waals surface area contributed by atoms with E-state index in [1.54, 1.807) is 6.07 Å². The van der Waals surface area contributed by atoms with E-state index in [0.717, 1.165) is 0 Å². The molecule has 0 unspecified atom stereocenters. The maximum atomic E-state index is 10.8. The maximum Gasteiger partial charge on any atom is 0.271 e. The quantitative estimate of drug-likeness (QED) is 0.538. The average Bonchev–Trinajstić information content (AvgIpc) is 2.90. The number of rotatable bonds is 3. The number of fused-ring (bicyclic) bond motifs is 1. The molecule has 21 heavy (non-hydrogen) atoms. The summed E-state index contributed by atoms with van der Waals surface area (Å²) >= 11 is 0. The van der Waals surface area contributed by atoms with E-state index in [9.17, 15) is 20.2 Å². The van der Waals surface area contributed by atoms with Crippen LogP contribution in [-0.4, -0.2) is 24.8 Å². The van der Waals surface area contributed by atoms with E-state index in [4.69, 9.17) is 0 Å². The summed E-state index contributed by atoms with van der Waals surface area (Å²) in [6, 6.07) is 10.0. The van der Waals surface area contributed by atoms with Crippen molar-refractivity contribution in [3.05, 3.63) is 62.7 Å². The summed E-state index contributed by atoms with van der Waals surface area (Å²) in [4.78, 5) is 20.5. The Morgan fingerprint density at radius 1 is 0.952 bits per heavy atom. The van der Waals surface area contributed by atoms with Crippen LogP contribution in [0.2, 0.25) is 0 Å². The minimum absolute atomic E-state index is 0.0712. The zero-order chi connectivity index (χ0) is 15.0. The summed E-state index contributed by atoms with van der Waals surface area (Å²) in [6.07, 6.45) is 0. The van der Waals surface area contributed by atoms with E-state index in [2.05, 4.69) is 10.3 Å². The molecule has 0 fully saturated rings. The van der Waals surface area contributed by atoms with Crippen molar-refractivity contribution < 1.29 is 9.85 Å². The van der Waals surface area contributed by atoms with Gasteiger partial charge in [-0.2, -0.15) is 0 Å². The van der Waals surface area contributed by atoms with Crippen molar-refractivity contribution >= 4 is 22.4 Å². The lowest BCUT2D eigenvalue weighted by atomic mass is 10.2. The molecule has 0 atom stereocenters. The Bertz CT molecular complexity index is 873. The van der Waals surface area contributed by atoms with Gasteiger partial charge in [-0.3, -0.25) is 20.2 Å². The van der Waals surface area contributed by atoms with Crippen LogP contribution in [0.25, 0.3) is 16.7 Å². The lowest BCUT2D eigenvalue weighted by Gasteiger charge is -2.01. The van der Waals surface area contributed by atoms with Crippen LogP contribution in [-0.2, 0) is 0 Å². The fourth-order valence-electron chi connectivity index (χ4n) is 1.95. The van der Waals surface area contributed by atoms with Gasteiger partial charge in [-0.05, 0) is 12.1 Å². The van der Waals surface area contributed by atoms with E-state index in [-0.39, 0.29) is 11.4 Å². The first-order chi connectivity index (χ1) is 10.1. The maximum absolute atomic E-state index is 10.8. The molecule has 0 aliphatic heterocycles. The molecule has 0 N–H and O–H groups in total. The predicted octanol–water partition coefficient (Wildman–Crippen LogP) is 2.24. The monoisotopic (exact) mass is 285 g/mol. The summed E-state index contributed by atoms with van der Waals surface area (Å²) in [6.45, 7) is 0. The fourth-order valence-corrected chi connectivity index (χ4v) is 1.95. The second kappa shape index (κ2) is 4.63. The lowest BCUT2D eigenvalue weighted by Crippen LogP contribution is -1.98.